The number of ether oxygens (including phenoxy) is 1. The van der Waals surface area contributed by atoms with Crippen molar-refractivity contribution in [2.75, 3.05) is 13.2 Å². The maximum atomic E-state index is 11.9. The zero-order valence-electron chi connectivity index (χ0n) is 14.1. The van der Waals surface area contributed by atoms with Crippen LogP contribution in [0.25, 0.3) is 11.0 Å². The molecule has 0 atom stereocenters. The number of fused-ring (bicyclic) bond motifs is 1. The molecule has 0 saturated heterocycles. The largest absolute Gasteiger partial charge is 0.493 e. The van der Waals surface area contributed by atoms with Crippen molar-refractivity contribution >= 4 is 11.0 Å². The molecular formula is C18H25NO3. The van der Waals surface area contributed by atoms with Gasteiger partial charge in [0.15, 0.2) is 0 Å². The van der Waals surface area contributed by atoms with E-state index in [2.05, 4.69) is 19.2 Å². The van der Waals surface area contributed by atoms with Crippen LogP contribution >= 0.6 is 0 Å². The number of benzene rings is 1. The van der Waals surface area contributed by atoms with Gasteiger partial charge in [-0.2, -0.15) is 0 Å². The summed E-state index contributed by atoms with van der Waals surface area (Å²) in [6.45, 7) is 11.5. The molecule has 0 fully saturated rings. The Morgan fingerprint density at radius 1 is 1.14 bits per heavy atom. The highest BCUT2D eigenvalue weighted by atomic mass is 16.5. The first kappa shape index (κ1) is 16.6. The quantitative estimate of drug-likeness (QED) is 0.655. The molecule has 1 aromatic carbocycles. The number of rotatable bonds is 6. The first-order valence-corrected chi connectivity index (χ1v) is 7.81. The van der Waals surface area contributed by atoms with E-state index in [1.165, 1.54) is 0 Å². The fourth-order valence-electron chi connectivity index (χ4n) is 2.43. The number of aryl methyl sites for hydroxylation is 2. The molecule has 1 N–H and O–H groups in total. The van der Waals surface area contributed by atoms with Crippen LogP contribution in [-0.4, -0.2) is 19.2 Å². The normalized spacial score (nSPS) is 11.4. The van der Waals surface area contributed by atoms with Gasteiger partial charge in [-0.1, -0.05) is 13.8 Å². The van der Waals surface area contributed by atoms with Gasteiger partial charge in [0.05, 0.1) is 6.61 Å². The van der Waals surface area contributed by atoms with E-state index < -0.39 is 0 Å². The van der Waals surface area contributed by atoms with Crippen LogP contribution < -0.4 is 15.7 Å². The highest BCUT2D eigenvalue weighted by Crippen LogP contribution is 2.29. The highest BCUT2D eigenvalue weighted by Gasteiger charge is 2.12. The highest BCUT2D eigenvalue weighted by molar-refractivity contribution is 5.85. The molecule has 0 bridgehead atoms. The van der Waals surface area contributed by atoms with Crippen molar-refractivity contribution in [3.63, 3.8) is 0 Å². The van der Waals surface area contributed by atoms with Gasteiger partial charge < -0.3 is 14.5 Å². The van der Waals surface area contributed by atoms with Gasteiger partial charge >= 0.3 is 5.63 Å². The van der Waals surface area contributed by atoms with Crippen molar-refractivity contribution < 1.29 is 9.15 Å². The SMILES string of the molecule is Cc1c(C)c2ccc(OCCCNC(C)C)c(C)c2oc1=O. The fraction of sp³-hybridized carbons (Fsp3) is 0.500. The lowest BCUT2D eigenvalue weighted by atomic mass is 10.0. The summed E-state index contributed by atoms with van der Waals surface area (Å²) in [5.41, 5.74) is 2.88. The van der Waals surface area contributed by atoms with Crippen LogP contribution in [0.15, 0.2) is 21.3 Å². The second-order valence-electron chi connectivity index (χ2n) is 6.02. The topological polar surface area (TPSA) is 51.5 Å². The Bertz CT molecular complexity index is 716. The average Bonchev–Trinajstić information content (AvgIpc) is 2.47. The second kappa shape index (κ2) is 6.97. The van der Waals surface area contributed by atoms with E-state index in [0.29, 0.717) is 23.8 Å². The molecule has 0 aliphatic carbocycles. The van der Waals surface area contributed by atoms with Gasteiger partial charge in [0.2, 0.25) is 0 Å². The summed E-state index contributed by atoms with van der Waals surface area (Å²) in [7, 11) is 0. The third-order valence-corrected chi connectivity index (χ3v) is 3.95. The maximum absolute atomic E-state index is 11.9. The van der Waals surface area contributed by atoms with Crippen molar-refractivity contribution in [3.05, 3.63) is 39.2 Å². The smallest absolute Gasteiger partial charge is 0.339 e. The van der Waals surface area contributed by atoms with Crippen molar-refractivity contribution in [1.29, 1.82) is 0 Å². The Labute approximate surface area is 131 Å². The van der Waals surface area contributed by atoms with Crippen molar-refractivity contribution in [2.45, 2.75) is 47.1 Å². The molecule has 0 amide bonds. The molecule has 1 heterocycles. The molecule has 0 aliphatic rings. The molecule has 0 unspecified atom stereocenters. The van der Waals surface area contributed by atoms with E-state index in [4.69, 9.17) is 9.15 Å². The molecule has 1 aromatic heterocycles. The Hall–Kier alpha value is -1.81. The molecule has 120 valence electrons. The molecule has 0 saturated carbocycles. The summed E-state index contributed by atoms with van der Waals surface area (Å²) in [6.07, 6.45) is 0.937. The Morgan fingerprint density at radius 3 is 2.55 bits per heavy atom. The predicted octanol–water partition coefficient (Wildman–Crippen LogP) is 3.49. The van der Waals surface area contributed by atoms with Crippen LogP contribution in [0.3, 0.4) is 0 Å². The van der Waals surface area contributed by atoms with Crippen molar-refractivity contribution in [3.8, 4) is 5.75 Å². The first-order chi connectivity index (χ1) is 10.4. The van der Waals surface area contributed by atoms with Gasteiger partial charge in [-0.3, -0.25) is 0 Å². The average molecular weight is 303 g/mol. The predicted molar refractivity (Wildman–Crippen MR) is 89.9 cm³/mol. The molecule has 0 aliphatic heterocycles. The Balaban J connectivity index is 2.17. The lowest BCUT2D eigenvalue weighted by molar-refractivity contribution is 0.304. The third kappa shape index (κ3) is 3.50. The Morgan fingerprint density at radius 2 is 1.86 bits per heavy atom. The van der Waals surface area contributed by atoms with E-state index in [0.717, 1.165) is 35.2 Å². The number of hydrogen-bond donors (Lipinski definition) is 1. The first-order valence-electron chi connectivity index (χ1n) is 7.81. The minimum atomic E-state index is -0.272. The van der Waals surface area contributed by atoms with Gasteiger partial charge in [0.25, 0.3) is 0 Å². The van der Waals surface area contributed by atoms with Gasteiger partial charge in [-0.25, -0.2) is 4.79 Å². The molecule has 0 spiro atoms. The van der Waals surface area contributed by atoms with Crippen LogP contribution in [0.5, 0.6) is 5.75 Å². The van der Waals surface area contributed by atoms with Crippen LogP contribution in [0.2, 0.25) is 0 Å². The molecule has 4 heteroatoms. The number of nitrogens with one attached hydrogen (secondary N) is 1. The van der Waals surface area contributed by atoms with Gasteiger partial charge in [-0.15, -0.1) is 0 Å². The van der Waals surface area contributed by atoms with Crippen LogP contribution in [0.4, 0.5) is 0 Å². The number of hydrogen-bond acceptors (Lipinski definition) is 4. The molecule has 2 rings (SSSR count). The third-order valence-electron chi connectivity index (χ3n) is 3.95. The minimum absolute atomic E-state index is 0.272. The van der Waals surface area contributed by atoms with E-state index in [1.54, 1.807) is 6.92 Å². The zero-order valence-corrected chi connectivity index (χ0v) is 14.1. The van der Waals surface area contributed by atoms with E-state index in [1.807, 2.05) is 26.0 Å². The summed E-state index contributed by atoms with van der Waals surface area (Å²) in [4.78, 5) is 11.9. The van der Waals surface area contributed by atoms with Gasteiger partial charge in [-0.05, 0) is 51.4 Å². The summed E-state index contributed by atoms with van der Waals surface area (Å²) >= 11 is 0. The molecule has 22 heavy (non-hydrogen) atoms. The van der Waals surface area contributed by atoms with Crippen LogP contribution in [0, 0.1) is 20.8 Å². The summed E-state index contributed by atoms with van der Waals surface area (Å²) in [6, 6.07) is 4.41. The van der Waals surface area contributed by atoms with Crippen LogP contribution in [0.1, 0.15) is 37.0 Å². The van der Waals surface area contributed by atoms with E-state index in [9.17, 15) is 4.79 Å². The molecular weight excluding hydrogens is 278 g/mol. The van der Waals surface area contributed by atoms with Crippen molar-refractivity contribution in [2.24, 2.45) is 0 Å². The Kier molecular flexibility index (Phi) is 5.24. The lowest BCUT2D eigenvalue weighted by Gasteiger charge is -2.13. The second-order valence-corrected chi connectivity index (χ2v) is 6.02. The van der Waals surface area contributed by atoms with E-state index >= 15 is 0 Å². The molecule has 2 aromatic rings. The standard InChI is InChI=1S/C18H25NO3/c1-11(2)19-9-6-10-21-16-8-7-15-12(3)13(4)18(20)22-17(15)14(16)5/h7-8,11,19H,6,9-10H2,1-5H3. The van der Waals surface area contributed by atoms with E-state index in [-0.39, 0.29) is 5.63 Å². The monoisotopic (exact) mass is 303 g/mol. The summed E-state index contributed by atoms with van der Waals surface area (Å²) in [5, 5.41) is 4.33. The molecule has 0 radical (unpaired) electrons. The van der Waals surface area contributed by atoms with Crippen molar-refractivity contribution in [1.82, 2.24) is 5.32 Å². The summed E-state index contributed by atoms with van der Waals surface area (Å²) in [5.74, 6) is 0.781. The minimum Gasteiger partial charge on any atom is -0.493 e. The van der Waals surface area contributed by atoms with Gasteiger partial charge in [0.1, 0.15) is 11.3 Å². The zero-order chi connectivity index (χ0) is 16.3. The maximum Gasteiger partial charge on any atom is 0.339 e. The lowest BCUT2D eigenvalue weighted by Crippen LogP contribution is -2.24. The molecule has 4 nitrogen and oxygen atoms in total. The summed E-state index contributed by atoms with van der Waals surface area (Å²) < 4.78 is 11.3. The van der Waals surface area contributed by atoms with Crippen LogP contribution in [-0.2, 0) is 0 Å². The van der Waals surface area contributed by atoms with Gasteiger partial charge in [0, 0.05) is 22.6 Å². The fourth-order valence-corrected chi connectivity index (χ4v) is 2.43.